The number of rotatable bonds is 51. The van der Waals surface area contributed by atoms with Crippen molar-refractivity contribution in [1.29, 1.82) is 0 Å². The molecule has 0 aromatic carbocycles. The zero-order valence-electron chi connectivity index (χ0n) is 45.5. The Balaban J connectivity index is 4.49. The molecule has 0 radical (unpaired) electrons. The number of carbonyl (C=O) groups excluding carboxylic acids is 3. The van der Waals surface area contributed by atoms with Gasteiger partial charge in [0.15, 0.2) is 6.10 Å². The summed E-state index contributed by atoms with van der Waals surface area (Å²) in [6.45, 7) is 6.44. The van der Waals surface area contributed by atoms with Crippen molar-refractivity contribution in [2.45, 2.75) is 264 Å². The molecule has 0 heterocycles. The van der Waals surface area contributed by atoms with Crippen molar-refractivity contribution in [2.75, 3.05) is 13.2 Å². The van der Waals surface area contributed by atoms with E-state index >= 15 is 0 Å². The fourth-order valence-electron chi connectivity index (χ4n) is 7.72. The molecule has 1 atom stereocenters. The molecule has 0 spiro atoms. The third-order valence-corrected chi connectivity index (χ3v) is 12.1. The third-order valence-electron chi connectivity index (χ3n) is 12.1. The first-order valence-corrected chi connectivity index (χ1v) is 28.9. The van der Waals surface area contributed by atoms with E-state index in [9.17, 15) is 14.4 Å². The SMILES string of the molecule is CC/C=C\C/C=C\C/C=C\C/C=C\CCCCCCCCC(=O)OCC(COC(=O)CCCCCCCC/C=C\C=C/CCCCC)OC(=O)CCCCCCC\C=C/C=C\C=C/CCCCCCC. The Hall–Kier alpha value is -3.93. The van der Waals surface area contributed by atoms with E-state index in [0.717, 1.165) is 128 Å². The Morgan fingerprint density at radius 2 is 0.614 bits per heavy atom. The van der Waals surface area contributed by atoms with Gasteiger partial charge >= 0.3 is 17.9 Å². The van der Waals surface area contributed by atoms with Crippen LogP contribution in [0.25, 0.3) is 0 Å². The average molecular weight is 972 g/mol. The number of allylic oxidation sites excluding steroid dienone is 18. The lowest BCUT2D eigenvalue weighted by atomic mass is 10.1. The minimum Gasteiger partial charge on any atom is -0.462 e. The molecule has 1 unspecified atom stereocenters. The minimum atomic E-state index is -0.803. The lowest BCUT2D eigenvalue weighted by Crippen LogP contribution is -2.30. The van der Waals surface area contributed by atoms with Crippen molar-refractivity contribution in [3.05, 3.63) is 109 Å². The van der Waals surface area contributed by atoms with E-state index in [1.165, 1.54) is 89.9 Å². The summed E-state index contributed by atoms with van der Waals surface area (Å²) in [6, 6.07) is 0. The molecule has 398 valence electrons. The quantitative estimate of drug-likeness (QED) is 0.0199. The van der Waals surface area contributed by atoms with Crippen molar-refractivity contribution in [2.24, 2.45) is 0 Å². The molecule has 6 heteroatoms. The van der Waals surface area contributed by atoms with Crippen LogP contribution in [0.3, 0.4) is 0 Å². The topological polar surface area (TPSA) is 78.9 Å². The second-order valence-electron chi connectivity index (χ2n) is 18.9. The molecule has 0 fully saturated rings. The van der Waals surface area contributed by atoms with Crippen molar-refractivity contribution in [1.82, 2.24) is 0 Å². The lowest BCUT2D eigenvalue weighted by Gasteiger charge is -2.18. The zero-order chi connectivity index (χ0) is 50.7. The van der Waals surface area contributed by atoms with Crippen LogP contribution in [0, 0.1) is 0 Å². The zero-order valence-corrected chi connectivity index (χ0v) is 45.5. The van der Waals surface area contributed by atoms with Crippen LogP contribution in [-0.2, 0) is 28.6 Å². The molecule has 0 saturated heterocycles. The van der Waals surface area contributed by atoms with Crippen LogP contribution in [0.2, 0.25) is 0 Å². The van der Waals surface area contributed by atoms with E-state index < -0.39 is 6.10 Å². The number of carbonyl (C=O) groups is 3. The fraction of sp³-hybridized carbons (Fsp3) is 0.672. The summed E-state index contributed by atoms with van der Waals surface area (Å²) < 4.78 is 16.8. The maximum atomic E-state index is 12.9. The highest BCUT2D eigenvalue weighted by Gasteiger charge is 2.19. The summed E-state index contributed by atoms with van der Waals surface area (Å²) in [6.07, 6.45) is 77.8. The van der Waals surface area contributed by atoms with E-state index in [2.05, 4.69) is 130 Å². The van der Waals surface area contributed by atoms with Crippen molar-refractivity contribution in [3.63, 3.8) is 0 Å². The van der Waals surface area contributed by atoms with E-state index in [4.69, 9.17) is 14.2 Å². The predicted octanol–water partition coefficient (Wildman–Crippen LogP) is 19.5. The Bertz CT molecular complexity index is 1440. The molecule has 0 bridgehead atoms. The number of esters is 3. The van der Waals surface area contributed by atoms with Gasteiger partial charge in [-0.1, -0.05) is 239 Å². The first kappa shape index (κ1) is 66.1. The summed E-state index contributed by atoms with van der Waals surface area (Å²) in [5.74, 6) is -0.942. The van der Waals surface area contributed by atoms with Crippen molar-refractivity contribution >= 4 is 17.9 Å². The standard InChI is InChI=1S/C64H106O6/c1-4-7-10-13-16-19-22-25-28-30-32-34-36-39-42-45-48-51-54-57-63(66)69-60-61(59-68-62(65)56-53-50-47-44-41-38-35-27-24-21-18-15-12-9-6-3)70-64(67)58-55-52-49-46-43-40-37-33-31-29-26-23-20-17-14-11-8-5-2/h7,10,16,18-19,21,23-29,31-34,37,61H,4-6,8-9,11-15,17,20,22,30,35-36,38-60H2,1-3H3/b10-7-,19-16-,21-18-,26-23-,27-24-,28-25-,31-29-,34-32-,37-33-. The van der Waals surface area contributed by atoms with Crippen molar-refractivity contribution in [3.8, 4) is 0 Å². The summed E-state index contributed by atoms with van der Waals surface area (Å²) in [4.78, 5) is 38.2. The van der Waals surface area contributed by atoms with Gasteiger partial charge in [-0.15, -0.1) is 0 Å². The van der Waals surface area contributed by atoms with Gasteiger partial charge in [-0.25, -0.2) is 0 Å². The van der Waals surface area contributed by atoms with E-state index in [-0.39, 0.29) is 31.1 Å². The highest BCUT2D eigenvalue weighted by atomic mass is 16.6. The Morgan fingerprint density at radius 3 is 1.03 bits per heavy atom. The van der Waals surface area contributed by atoms with Gasteiger partial charge in [0.2, 0.25) is 0 Å². The van der Waals surface area contributed by atoms with Gasteiger partial charge in [0.1, 0.15) is 13.2 Å². The Kier molecular flexibility index (Phi) is 54.4. The number of unbranched alkanes of at least 4 members (excludes halogenated alkanes) is 25. The fourth-order valence-corrected chi connectivity index (χ4v) is 7.72. The molecule has 0 aromatic rings. The van der Waals surface area contributed by atoms with Crippen LogP contribution in [0.15, 0.2) is 109 Å². The molecular weight excluding hydrogens is 865 g/mol. The average Bonchev–Trinajstić information content (AvgIpc) is 3.36. The third kappa shape index (κ3) is 55.0. The summed E-state index contributed by atoms with van der Waals surface area (Å²) in [7, 11) is 0. The molecule has 0 aromatic heterocycles. The first-order valence-electron chi connectivity index (χ1n) is 28.9. The largest absolute Gasteiger partial charge is 0.462 e. The smallest absolute Gasteiger partial charge is 0.306 e. The molecule has 0 aliphatic heterocycles. The summed E-state index contributed by atoms with van der Waals surface area (Å²) in [5.41, 5.74) is 0. The van der Waals surface area contributed by atoms with Crippen LogP contribution >= 0.6 is 0 Å². The highest BCUT2D eigenvalue weighted by Crippen LogP contribution is 2.14. The van der Waals surface area contributed by atoms with E-state index in [1.54, 1.807) is 0 Å². The predicted molar refractivity (Wildman–Crippen MR) is 302 cm³/mol. The summed E-state index contributed by atoms with van der Waals surface area (Å²) >= 11 is 0. The maximum absolute atomic E-state index is 12.9. The number of hydrogen-bond acceptors (Lipinski definition) is 6. The maximum Gasteiger partial charge on any atom is 0.306 e. The number of ether oxygens (including phenoxy) is 3. The number of hydrogen-bond donors (Lipinski definition) is 0. The monoisotopic (exact) mass is 971 g/mol. The van der Waals surface area contributed by atoms with Gasteiger partial charge < -0.3 is 14.2 Å². The van der Waals surface area contributed by atoms with Gasteiger partial charge in [-0.05, 0) is 109 Å². The second-order valence-corrected chi connectivity index (χ2v) is 18.9. The van der Waals surface area contributed by atoms with E-state index in [0.29, 0.717) is 19.3 Å². The van der Waals surface area contributed by atoms with Gasteiger partial charge in [0, 0.05) is 19.3 Å². The van der Waals surface area contributed by atoms with Crippen LogP contribution in [0.4, 0.5) is 0 Å². The summed E-state index contributed by atoms with van der Waals surface area (Å²) in [5, 5.41) is 0. The molecule has 0 rings (SSSR count). The Labute approximate surface area is 431 Å². The molecule has 0 N–H and O–H groups in total. The molecular formula is C64H106O6. The van der Waals surface area contributed by atoms with Crippen LogP contribution in [0.1, 0.15) is 258 Å². The van der Waals surface area contributed by atoms with Crippen LogP contribution < -0.4 is 0 Å². The molecule has 0 aliphatic carbocycles. The Morgan fingerprint density at radius 1 is 0.314 bits per heavy atom. The minimum absolute atomic E-state index is 0.0989. The van der Waals surface area contributed by atoms with Crippen LogP contribution in [-0.4, -0.2) is 37.2 Å². The molecule has 0 saturated carbocycles. The van der Waals surface area contributed by atoms with Gasteiger partial charge in [-0.3, -0.25) is 14.4 Å². The van der Waals surface area contributed by atoms with Crippen LogP contribution in [0.5, 0.6) is 0 Å². The van der Waals surface area contributed by atoms with Gasteiger partial charge in [-0.2, -0.15) is 0 Å². The molecule has 70 heavy (non-hydrogen) atoms. The highest BCUT2D eigenvalue weighted by molar-refractivity contribution is 5.71. The molecule has 0 aliphatic rings. The van der Waals surface area contributed by atoms with Gasteiger partial charge in [0.25, 0.3) is 0 Å². The second kappa shape index (κ2) is 57.6. The molecule has 0 amide bonds. The first-order chi connectivity index (χ1) is 34.5. The van der Waals surface area contributed by atoms with Crippen molar-refractivity contribution < 1.29 is 28.6 Å². The normalized spacial score (nSPS) is 12.9. The molecule has 6 nitrogen and oxygen atoms in total. The van der Waals surface area contributed by atoms with E-state index in [1.807, 2.05) is 0 Å². The van der Waals surface area contributed by atoms with Gasteiger partial charge in [0.05, 0.1) is 0 Å². The lowest BCUT2D eigenvalue weighted by molar-refractivity contribution is -0.167.